The van der Waals surface area contributed by atoms with Crippen LogP contribution in [0.4, 0.5) is 5.69 Å². The van der Waals surface area contributed by atoms with Crippen LogP contribution in [0.25, 0.3) is 0 Å². The Morgan fingerprint density at radius 3 is 2.74 bits per heavy atom. The first kappa shape index (κ1) is 15.5. The molecule has 7 heteroatoms. The fraction of sp³-hybridized carbons (Fsp3) is 0.438. The van der Waals surface area contributed by atoms with Gasteiger partial charge in [-0.3, -0.25) is 14.4 Å². The number of nitrogens with one attached hydrogen (secondary N) is 1. The summed E-state index contributed by atoms with van der Waals surface area (Å²) in [6, 6.07) is 4.90. The molecule has 122 valence electrons. The number of carbonyl (C=O) groups excluding carboxylic acids is 3. The predicted molar refractivity (Wildman–Crippen MR) is 81.5 cm³/mol. The van der Waals surface area contributed by atoms with Crippen LogP contribution in [0.1, 0.15) is 23.2 Å². The molecule has 2 aliphatic rings. The molecule has 0 atom stereocenters. The molecule has 3 rings (SSSR count). The monoisotopic (exact) mass is 318 g/mol. The summed E-state index contributed by atoms with van der Waals surface area (Å²) in [4.78, 5) is 37.3. The third kappa shape index (κ3) is 3.68. The average molecular weight is 318 g/mol. The van der Waals surface area contributed by atoms with Crippen LogP contribution >= 0.6 is 0 Å². The SMILES string of the molecule is O=C1COc2ccc(C(=O)CCC(=O)N3CCOCC3)cc2N1. The number of amides is 2. The van der Waals surface area contributed by atoms with Crippen LogP contribution in [0.15, 0.2) is 18.2 Å². The van der Waals surface area contributed by atoms with Crippen molar-refractivity contribution in [1.29, 1.82) is 0 Å². The number of fused-ring (bicyclic) bond motifs is 1. The van der Waals surface area contributed by atoms with Crippen molar-refractivity contribution in [2.24, 2.45) is 0 Å². The molecular weight excluding hydrogens is 300 g/mol. The zero-order chi connectivity index (χ0) is 16.2. The van der Waals surface area contributed by atoms with Gasteiger partial charge in [-0.05, 0) is 18.2 Å². The summed E-state index contributed by atoms with van der Waals surface area (Å²) in [5, 5.41) is 2.67. The largest absolute Gasteiger partial charge is 0.482 e. The molecule has 1 saturated heterocycles. The highest BCUT2D eigenvalue weighted by Gasteiger charge is 2.20. The molecule has 7 nitrogen and oxygen atoms in total. The lowest BCUT2D eigenvalue weighted by Crippen LogP contribution is -2.40. The van der Waals surface area contributed by atoms with E-state index in [1.807, 2.05) is 0 Å². The molecule has 2 amide bonds. The first-order valence-electron chi connectivity index (χ1n) is 7.59. The van der Waals surface area contributed by atoms with Crippen LogP contribution in [0.3, 0.4) is 0 Å². The minimum atomic E-state index is -0.246. The van der Waals surface area contributed by atoms with Crippen LogP contribution in [-0.4, -0.2) is 55.4 Å². The fourth-order valence-electron chi connectivity index (χ4n) is 2.59. The van der Waals surface area contributed by atoms with Gasteiger partial charge in [0.2, 0.25) is 5.91 Å². The molecule has 2 heterocycles. The van der Waals surface area contributed by atoms with Crippen molar-refractivity contribution >= 4 is 23.3 Å². The van der Waals surface area contributed by atoms with Crippen molar-refractivity contribution in [2.75, 3.05) is 38.2 Å². The molecule has 0 aliphatic carbocycles. The number of hydrogen-bond donors (Lipinski definition) is 1. The Hall–Kier alpha value is -2.41. The van der Waals surface area contributed by atoms with E-state index < -0.39 is 0 Å². The second kappa shape index (κ2) is 6.78. The Kier molecular flexibility index (Phi) is 4.57. The maximum atomic E-state index is 12.3. The Labute approximate surface area is 133 Å². The zero-order valence-corrected chi connectivity index (χ0v) is 12.7. The third-order valence-corrected chi connectivity index (χ3v) is 3.86. The molecule has 0 spiro atoms. The minimum Gasteiger partial charge on any atom is -0.482 e. The summed E-state index contributed by atoms with van der Waals surface area (Å²) in [6.45, 7) is 2.23. The van der Waals surface area contributed by atoms with Crippen molar-refractivity contribution in [1.82, 2.24) is 4.90 Å². The second-order valence-corrected chi connectivity index (χ2v) is 5.46. The molecule has 0 unspecified atom stereocenters. The molecule has 1 fully saturated rings. The molecule has 0 aromatic heterocycles. The van der Waals surface area contributed by atoms with Gasteiger partial charge in [-0.2, -0.15) is 0 Å². The first-order chi connectivity index (χ1) is 11.1. The lowest BCUT2D eigenvalue weighted by molar-refractivity contribution is -0.135. The standard InChI is InChI=1S/C16H18N2O5/c19-13(2-4-16(21)18-5-7-22-8-6-18)11-1-3-14-12(9-11)17-15(20)10-23-14/h1,3,9H,2,4-8,10H2,(H,17,20). The Balaban J connectivity index is 1.59. The lowest BCUT2D eigenvalue weighted by Gasteiger charge is -2.26. The number of ether oxygens (including phenoxy) is 2. The highest BCUT2D eigenvalue weighted by atomic mass is 16.5. The lowest BCUT2D eigenvalue weighted by atomic mass is 10.0. The second-order valence-electron chi connectivity index (χ2n) is 5.46. The van der Waals surface area contributed by atoms with Gasteiger partial charge in [0.1, 0.15) is 5.75 Å². The van der Waals surface area contributed by atoms with Crippen molar-refractivity contribution in [3.63, 3.8) is 0 Å². The molecular formula is C16H18N2O5. The molecule has 2 aliphatic heterocycles. The maximum Gasteiger partial charge on any atom is 0.262 e. The van der Waals surface area contributed by atoms with Gasteiger partial charge in [-0.15, -0.1) is 0 Å². The van der Waals surface area contributed by atoms with E-state index in [1.54, 1.807) is 23.1 Å². The van der Waals surface area contributed by atoms with Gasteiger partial charge < -0.3 is 19.7 Å². The third-order valence-electron chi connectivity index (χ3n) is 3.86. The highest BCUT2D eigenvalue weighted by Crippen LogP contribution is 2.29. The van der Waals surface area contributed by atoms with Crippen molar-refractivity contribution in [2.45, 2.75) is 12.8 Å². The van der Waals surface area contributed by atoms with E-state index in [4.69, 9.17) is 9.47 Å². The van der Waals surface area contributed by atoms with Gasteiger partial charge in [-0.1, -0.05) is 0 Å². The van der Waals surface area contributed by atoms with Crippen molar-refractivity contribution in [3.05, 3.63) is 23.8 Å². The maximum absolute atomic E-state index is 12.3. The van der Waals surface area contributed by atoms with Gasteiger partial charge in [0.05, 0.1) is 18.9 Å². The first-order valence-corrected chi connectivity index (χ1v) is 7.59. The summed E-state index contributed by atoms with van der Waals surface area (Å²) >= 11 is 0. The van der Waals surface area contributed by atoms with E-state index in [-0.39, 0.29) is 37.0 Å². The highest BCUT2D eigenvalue weighted by molar-refractivity contribution is 6.01. The Morgan fingerprint density at radius 2 is 1.96 bits per heavy atom. The number of benzene rings is 1. The van der Waals surface area contributed by atoms with E-state index in [9.17, 15) is 14.4 Å². The van der Waals surface area contributed by atoms with Crippen LogP contribution in [-0.2, 0) is 14.3 Å². The number of hydrogen-bond acceptors (Lipinski definition) is 5. The summed E-state index contributed by atoms with van der Waals surface area (Å²) in [5.74, 6) is 0.139. The quantitative estimate of drug-likeness (QED) is 0.832. The number of anilines is 1. The minimum absolute atomic E-state index is 0.0195. The van der Waals surface area contributed by atoms with Gasteiger partial charge in [0.25, 0.3) is 5.91 Å². The van der Waals surface area contributed by atoms with Gasteiger partial charge in [0, 0.05) is 31.5 Å². The van der Waals surface area contributed by atoms with Gasteiger partial charge in [-0.25, -0.2) is 0 Å². The van der Waals surface area contributed by atoms with Gasteiger partial charge >= 0.3 is 0 Å². The van der Waals surface area contributed by atoms with E-state index in [0.717, 1.165) is 0 Å². The number of carbonyl (C=O) groups is 3. The predicted octanol–water partition coefficient (Wildman–Crippen LogP) is 0.839. The molecule has 0 bridgehead atoms. The average Bonchev–Trinajstić information content (AvgIpc) is 2.59. The molecule has 1 aromatic carbocycles. The Morgan fingerprint density at radius 1 is 1.17 bits per heavy atom. The van der Waals surface area contributed by atoms with Crippen molar-refractivity contribution < 1.29 is 23.9 Å². The summed E-state index contributed by atoms with van der Waals surface area (Å²) in [5.41, 5.74) is 0.955. The number of rotatable bonds is 4. The normalized spacial score (nSPS) is 17.0. The Bertz CT molecular complexity index is 637. The van der Waals surface area contributed by atoms with E-state index >= 15 is 0 Å². The zero-order valence-electron chi connectivity index (χ0n) is 12.7. The number of Topliss-reactive ketones (excluding diaryl/α,β-unsaturated/α-hetero) is 1. The molecule has 0 saturated carbocycles. The molecule has 1 N–H and O–H groups in total. The molecule has 1 aromatic rings. The van der Waals surface area contributed by atoms with Crippen LogP contribution in [0.2, 0.25) is 0 Å². The van der Waals surface area contributed by atoms with Crippen LogP contribution < -0.4 is 10.1 Å². The summed E-state index contributed by atoms with van der Waals surface area (Å²) < 4.78 is 10.5. The number of nitrogens with zero attached hydrogens (tertiary/aromatic N) is 1. The smallest absolute Gasteiger partial charge is 0.262 e. The fourth-order valence-corrected chi connectivity index (χ4v) is 2.59. The van der Waals surface area contributed by atoms with E-state index in [1.165, 1.54) is 0 Å². The molecule has 0 radical (unpaired) electrons. The molecule has 23 heavy (non-hydrogen) atoms. The topological polar surface area (TPSA) is 84.9 Å². The van der Waals surface area contributed by atoms with Crippen LogP contribution in [0, 0.1) is 0 Å². The van der Waals surface area contributed by atoms with Gasteiger partial charge in [0.15, 0.2) is 12.4 Å². The summed E-state index contributed by atoms with van der Waals surface area (Å²) in [7, 11) is 0. The van der Waals surface area contributed by atoms with Crippen molar-refractivity contribution in [3.8, 4) is 5.75 Å². The van der Waals surface area contributed by atoms with Crippen LogP contribution in [0.5, 0.6) is 5.75 Å². The number of morpholine rings is 1. The summed E-state index contributed by atoms with van der Waals surface area (Å²) in [6.07, 6.45) is 0.322. The van der Waals surface area contributed by atoms with E-state index in [0.29, 0.717) is 43.3 Å². The van der Waals surface area contributed by atoms with E-state index in [2.05, 4.69) is 5.32 Å². The number of ketones is 1.